The van der Waals surface area contributed by atoms with E-state index in [1.54, 1.807) is 26.0 Å². The first-order chi connectivity index (χ1) is 35.8. The van der Waals surface area contributed by atoms with Crippen LogP contribution < -0.4 is 54.4 Å². The van der Waals surface area contributed by atoms with Crippen molar-refractivity contribution in [2.75, 3.05) is 32.0 Å². The molecule has 2 aliphatic rings. The molecule has 29 nitrogen and oxygen atoms in total. The molecule has 2 aliphatic heterocycles. The van der Waals surface area contributed by atoms with Gasteiger partial charge in [-0.05, 0) is 68.6 Å². The number of benzene rings is 1. The van der Waals surface area contributed by atoms with Gasteiger partial charge in [-0.15, -0.1) is 0 Å². The molecule has 420 valence electrons. The third-order valence-corrected chi connectivity index (χ3v) is 12.7. The zero-order valence-electron chi connectivity index (χ0n) is 41.9. The second-order valence-corrected chi connectivity index (χ2v) is 18.8. The number of rotatable bonds is 30. The predicted octanol–water partition coefficient (Wildman–Crippen LogP) is -6.06. The SMILES string of the molecule is CC(C)[C@H](NC(=O)CNC(=O)[C@H](CCC(N)=O)NC(=O)[C@H](CC(=O)O)NC(=O)[C@@H]1CCCN1C(=O)[C@@H](N)Cc1ccc(O)cc1)C(=O)N1CCC[C@H]1C(=O)N[C@@H](CCC(N)=O)C(=O)N[C@@H](CO)C(=O)N[C@@H](CS)C(=O)O. The van der Waals surface area contributed by atoms with E-state index in [1.807, 2.05) is 0 Å². The van der Waals surface area contributed by atoms with E-state index < -0.39 is 182 Å². The number of amides is 11. The van der Waals surface area contributed by atoms with Crippen LogP contribution in [-0.2, 0) is 68.7 Å². The molecular formula is C46H68N12O17S. The summed E-state index contributed by atoms with van der Waals surface area (Å²) < 4.78 is 0. The lowest BCUT2D eigenvalue weighted by atomic mass is 10.0. The summed E-state index contributed by atoms with van der Waals surface area (Å²) in [6.07, 6.45) is -1.82. The number of primary amides is 2. The van der Waals surface area contributed by atoms with Gasteiger partial charge in [0.25, 0.3) is 0 Å². The Kier molecular flexibility index (Phi) is 24.8. The largest absolute Gasteiger partial charge is 0.508 e. The number of thiol groups is 1. The van der Waals surface area contributed by atoms with Gasteiger partial charge in [0.15, 0.2) is 0 Å². The van der Waals surface area contributed by atoms with Crippen LogP contribution in [0.4, 0.5) is 0 Å². The highest BCUT2D eigenvalue weighted by Gasteiger charge is 2.42. The van der Waals surface area contributed by atoms with E-state index in [1.165, 1.54) is 17.0 Å². The third-order valence-electron chi connectivity index (χ3n) is 12.3. The quantitative estimate of drug-likeness (QED) is 0.0319. The van der Waals surface area contributed by atoms with Crippen molar-refractivity contribution in [1.82, 2.24) is 47.0 Å². The van der Waals surface area contributed by atoms with Crippen molar-refractivity contribution in [3.8, 4) is 5.75 Å². The number of hydrogen-bond donors (Lipinski definition) is 15. The number of phenolic OH excluding ortho intramolecular Hbond substituents is 1. The number of nitrogens with two attached hydrogens (primary N) is 3. The molecule has 0 radical (unpaired) electrons. The number of carboxylic acids is 2. The number of likely N-dealkylation sites (tertiary alicyclic amines) is 2. The van der Waals surface area contributed by atoms with Gasteiger partial charge in [-0.1, -0.05) is 26.0 Å². The lowest BCUT2D eigenvalue weighted by Crippen LogP contribution is -2.60. The molecule has 2 saturated heterocycles. The maximum atomic E-state index is 14.1. The van der Waals surface area contributed by atoms with Gasteiger partial charge in [0.05, 0.1) is 25.6 Å². The molecule has 76 heavy (non-hydrogen) atoms. The average molecular weight is 1090 g/mol. The van der Waals surface area contributed by atoms with Crippen molar-refractivity contribution in [3.05, 3.63) is 29.8 Å². The number of aromatic hydroxyl groups is 1. The predicted molar refractivity (Wildman–Crippen MR) is 266 cm³/mol. The molecule has 2 fully saturated rings. The van der Waals surface area contributed by atoms with Crippen LogP contribution in [0.3, 0.4) is 0 Å². The fourth-order valence-corrected chi connectivity index (χ4v) is 8.47. The number of carbonyl (C=O) groups excluding carboxylic acids is 11. The molecule has 1 aromatic carbocycles. The van der Waals surface area contributed by atoms with Crippen LogP contribution in [0.5, 0.6) is 5.75 Å². The Labute approximate surface area is 441 Å². The highest BCUT2D eigenvalue weighted by atomic mass is 32.1. The number of carbonyl (C=O) groups is 13. The number of nitrogens with one attached hydrogen (secondary N) is 7. The molecule has 0 bridgehead atoms. The van der Waals surface area contributed by atoms with Crippen molar-refractivity contribution in [2.45, 2.75) is 132 Å². The van der Waals surface area contributed by atoms with Crippen molar-refractivity contribution >= 4 is 89.5 Å². The van der Waals surface area contributed by atoms with Gasteiger partial charge in [0.2, 0.25) is 65.0 Å². The Morgan fingerprint density at radius 2 is 1.13 bits per heavy atom. The van der Waals surface area contributed by atoms with Gasteiger partial charge in [-0.3, -0.25) is 57.5 Å². The van der Waals surface area contributed by atoms with Gasteiger partial charge in [-0.2, -0.15) is 12.6 Å². The molecular weight excluding hydrogens is 1020 g/mol. The number of carboxylic acid groups (broad SMARTS) is 2. The van der Waals surface area contributed by atoms with E-state index >= 15 is 0 Å². The van der Waals surface area contributed by atoms with Gasteiger partial charge in [0, 0.05) is 31.7 Å². The first kappa shape index (κ1) is 62.7. The summed E-state index contributed by atoms with van der Waals surface area (Å²) in [5.41, 5.74) is 17.4. The average Bonchev–Trinajstić information content (AvgIpc) is 4.07. The Bertz CT molecular complexity index is 2320. The Hall–Kier alpha value is -7.60. The van der Waals surface area contributed by atoms with Crippen LogP contribution >= 0.6 is 12.6 Å². The topological polar surface area (TPSA) is 472 Å². The van der Waals surface area contributed by atoms with Gasteiger partial charge < -0.3 is 84.6 Å². The zero-order valence-corrected chi connectivity index (χ0v) is 42.8. The van der Waals surface area contributed by atoms with Crippen molar-refractivity contribution in [2.24, 2.45) is 23.1 Å². The normalized spacial score (nSPS) is 17.8. The summed E-state index contributed by atoms with van der Waals surface area (Å²) in [6.45, 7) is 1.44. The molecule has 2 heterocycles. The van der Waals surface area contributed by atoms with E-state index in [0.717, 1.165) is 4.90 Å². The van der Waals surface area contributed by atoms with Gasteiger partial charge in [0.1, 0.15) is 54.1 Å². The standard InChI is InChI=1S/C46H68N12O17S/c1-22(2)37(45(73)58-16-4-6-32(58)42(70)52-27(12-14-34(49)62)39(67)54-29(20-59)41(69)55-30(21-76)46(74)75)56-35(63)19-50-38(66)26(11-13-33(48)61)51-40(68)28(18-36(64)65)53-43(71)31-5-3-15-57(31)44(72)25(47)17-23-7-9-24(60)10-8-23/h7-10,22,25-32,37,59-60,76H,3-6,11-21,47H2,1-2H3,(H2,48,61)(H2,49,62)(H,50,66)(H,51,68)(H,52,70)(H,53,71)(H,54,67)(H,55,69)(H,56,63)(H,64,65)(H,74,75)/t25-,26-,27-,28-,29-,30-,31-,32-,37-/m0/s1. The Morgan fingerprint density at radius 1 is 0.658 bits per heavy atom. The minimum Gasteiger partial charge on any atom is -0.508 e. The van der Waals surface area contributed by atoms with Crippen molar-refractivity contribution in [3.63, 3.8) is 0 Å². The maximum absolute atomic E-state index is 14.1. The monoisotopic (exact) mass is 1090 g/mol. The highest BCUT2D eigenvalue weighted by Crippen LogP contribution is 2.22. The molecule has 0 saturated carbocycles. The zero-order chi connectivity index (χ0) is 57.0. The summed E-state index contributed by atoms with van der Waals surface area (Å²) in [5, 5.41) is 54.4. The molecule has 3 rings (SSSR count). The summed E-state index contributed by atoms with van der Waals surface area (Å²) in [5.74, 6) is -14.2. The van der Waals surface area contributed by atoms with Crippen molar-refractivity contribution < 1.29 is 82.8 Å². The van der Waals surface area contributed by atoms with Crippen molar-refractivity contribution in [1.29, 1.82) is 0 Å². The van der Waals surface area contributed by atoms with E-state index in [9.17, 15) is 82.8 Å². The summed E-state index contributed by atoms with van der Waals surface area (Å²) in [6, 6.07) is -7.02. The minimum absolute atomic E-state index is 0.00390. The van der Waals surface area contributed by atoms with Crippen LogP contribution in [0.15, 0.2) is 24.3 Å². The Morgan fingerprint density at radius 3 is 1.62 bits per heavy atom. The van der Waals surface area contributed by atoms with E-state index in [0.29, 0.717) is 12.0 Å². The van der Waals surface area contributed by atoms with Crippen LogP contribution in [0.1, 0.15) is 77.2 Å². The van der Waals surface area contributed by atoms with Crippen LogP contribution in [0.25, 0.3) is 0 Å². The van der Waals surface area contributed by atoms with Crippen LogP contribution in [0.2, 0.25) is 0 Å². The molecule has 1 aromatic rings. The molecule has 11 amide bonds. The first-order valence-electron chi connectivity index (χ1n) is 24.2. The summed E-state index contributed by atoms with van der Waals surface area (Å²) in [4.78, 5) is 170. The molecule has 0 aliphatic carbocycles. The fraction of sp³-hybridized carbons (Fsp3) is 0.587. The lowest BCUT2D eigenvalue weighted by molar-refractivity contribution is -0.143. The number of phenols is 1. The number of aliphatic hydroxyl groups excluding tert-OH is 1. The fourth-order valence-electron chi connectivity index (χ4n) is 8.23. The highest BCUT2D eigenvalue weighted by molar-refractivity contribution is 7.80. The summed E-state index contributed by atoms with van der Waals surface area (Å²) >= 11 is 3.85. The summed E-state index contributed by atoms with van der Waals surface area (Å²) in [7, 11) is 0. The van der Waals surface area contributed by atoms with E-state index in [-0.39, 0.29) is 50.3 Å². The Balaban J connectivity index is 1.69. The van der Waals surface area contributed by atoms with Crippen LogP contribution in [0, 0.1) is 5.92 Å². The molecule has 0 unspecified atom stereocenters. The molecule has 9 atom stereocenters. The number of aliphatic hydroxyl groups is 1. The maximum Gasteiger partial charge on any atom is 0.327 e. The van der Waals surface area contributed by atoms with Gasteiger partial charge >= 0.3 is 11.9 Å². The smallest absolute Gasteiger partial charge is 0.327 e. The number of nitrogens with zero attached hydrogens (tertiary/aromatic N) is 2. The minimum atomic E-state index is -1.82. The lowest BCUT2D eigenvalue weighted by Gasteiger charge is -2.31. The van der Waals surface area contributed by atoms with E-state index in [2.05, 4.69) is 49.8 Å². The molecule has 17 N–H and O–H groups in total. The molecule has 30 heteroatoms. The number of aliphatic carboxylic acids is 2. The molecule has 0 aromatic heterocycles. The second-order valence-electron chi connectivity index (χ2n) is 18.5. The number of hydrogen-bond acceptors (Lipinski definition) is 17. The van der Waals surface area contributed by atoms with E-state index in [4.69, 9.17) is 17.2 Å². The molecule has 0 spiro atoms. The van der Waals surface area contributed by atoms with Crippen LogP contribution in [-0.4, -0.2) is 194 Å². The third kappa shape index (κ3) is 19.3. The second kappa shape index (κ2) is 30.1. The van der Waals surface area contributed by atoms with Gasteiger partial charge in [-0.25, -0.2) is 4.79 Å². The first-order valence-corrected chi connectivity index (χ1v) is 24.9.